The lowest BCUT2D eigenvalue weighted by Gasteiger charge is -2.15. The minimum atomic E-state index is 0.279. The van der Waals surface area contributed by atoms with Gasteiger partial charge in [-0.05, 0) is 13.1 Å². The summed E-state index contributed by atoms with van der Waals surface area (Å²) in [7, 11) is 0. The average molecular weight is 149 g/mol. The summed E-state index contributed by atoms with van der Waals surface area (Å²) in [6.07, 6.45) is 0. The maximum absolute atomic E-state index is 8.46. The van der Waals surface area contributed by atoms with Gasteiger partial charge in [0.05, 0.1) is 6.61 Å². The fourth-order valence-corrected chi connectivity index (χ4v) is 0.681. The molecule has 0 amide bonds. The van der Waals surface area contributed by atoms with Gasteiger partial charge in [-0.25, -0.2) is 0 Å². The average Bonchev–Trinajstić information content (AvgIpc) is 2.04. The fourth-order valence-electron chi connectivity index (χ4n) is 0.681. The van der Waals surface area contributed by atoms with E-state index in [2.05, 4.69) is 30.4 Å². The Balaban J connectivity index is 0. The third-order valence-corrected chi connectivity index (χ3v) is 1.31. The van der Waals surface area contributed by atoms with Gasteiger partial charge in [-0.1, -0.05) is 13.8 Å². The maximum Gasteiger partial charge on any atom is 0.0558 e. The van der Waals surface area contributed by atoms with Crippen LogP contribution < -0.4 is 11.7 Å². The molecule has 0 rings (SSSR count). The molecule has 0 aliphatic carbocycles. The molecular weight excluding hydrogens is 130 g/mol. The SMILES string of the molecule is CCN(CC)CCO.NN. The maximum atomic E-state index is 8.46. The monoisotopic (exact) mass is 149 g/mol. The minimum absolute atomic E-state index is 0.279. The topological polar surface area (TPSA) is 75.5 Å². The third-order valence-electron chi connectivity index (χ3n) is 1.31. The molecule has 0 atom stereocenters. The highest BCUT2D eigenvalue weighted by molar-refractivity contribution is 4.47. The molecule has 4 nitrogen and oxygen atoms in total. The number of likely N-dealkylation sites (N-methyl/N-ethyl adjacent to an activating group) is 1. The minimum Gasteiger partial charge on any atom is -0.395 e. The lowest BCUT2D eigenvalue weighted by molar-refractivity contribution is 0.208. The van der Waals surface area contributed by atoms with Gasteiger partial charge in [-0.15, -0.1) is 0 Å². The summed E-state index contributed by atoms with van der Waals surface area (Å²) in [5.41, 5.74) is 0. The van der Waals surface area contributed by atoms with Crippen molar-refractivity contribution < 1.29 is 5.11 Å². The molecule has 0 aromatic rings. The Morgan fingerprint density at radius 3 is 1.70 bits per heavy atom. The molecule has 0 radical (unpaired) electrons. The summed E-state index contributed by atoms with van der Waals surface area (Å²) in [6, 6.07) is 0. The highest BCUT2D eigenvalue weighted by Gasteiger charge is 1.93. The molecule has 0 bridgehead atoms. The lowest BCUT2D eigenvalue weighted by atomic mass is 10.5. The van der Waals surface area contributed by atoms with E-state index in [4.69, 9.17) is 5.11 Å². The number of aliphatic hydroxyl groups is 1. The fraction of sp³-hybridized carbons (Fsp3) is 1.00. The Morgan fingerprint density at radius 2 is 1.60 bits per heavy atom. The van der Waals surface area contributed by atoms with Crippen LogP contribution in [0.25, 0.3) is 0 Å². The van der Waals surface area contributed by atoms with Crippen LogP contribution in [-0.2, 0) is 0 Å². The van der Waals surface area contributed by atoms with E-state index in [0.717, 1.165) is 19.6 Å². The number of nitrogens with zero attached hydrogens (tertiary/aromatic N) is 1. The quantitative estimate of drug-likeness (QED) is 0.359. The molecule has 0 unspecified atom stereocenters. The van der Waals surface area contributed by atoms with Crippen LogP contribution in [0.5, 0.6) is 0 Å². The Bertz CT molecular complexity index is 48.3. The van der Waals surface area contributed by atoms with Crippen LogP contribution in [0, 0.1) is 0 Å². The molecular formula is C6H19N3O. The van der Waals surface area contributed by atoms with E-state index < -0.39 is 0 Å². The molecule has 10 heavy (non-hydrogen) atoms. The number of nitrogens with two attached hydrogens (primary N) is 2. The number of hydrogen-bond acceptors (Lipinski definition) is 4. The first-order valence-electron chi connectivity index (χ1n) is 3.51. The Hall–Kier alpha value is -0.160. The van der Waals surface area contributed by atoms with Gasteiger partial charge in [0.1, 0.15) is 0 Å². The highest BCUT2D eigenvalue weighted by atomic mass is 16.3. The van der Waals surface area contributed by atoms with Gasteiger partial charge >= 0.3 is 0 Å². The molecule has 0 spiro atoms. The van der Waals surface area contributed by atoms with Crippen molar-refractivity contribution in [3.8, 4) is 0 Å². The molecule has 0 aromatic heterocycles. The van der Waals surface area contributed by atoms with E-state index in [1.165, 1.54) is 0 Å². The number of aliphatic hydroxyl groups excluding tert-OH is 1. The van der Waals surface area contributed by atoms with Gasteiger partial charge < -0.3 is 10.0 Å². The summed E-state index contributed by atoms with van der Waals surface area (Å²) in [6.45, 7) is 7.36. The van der Waals surface area contributed by atoms with Crippen molar-refractivity contribution in [2.45, 2.75) is 13.8 Å². The molecule has 4 heteroatoms. The lowest BCUT2D eigenvalue weighted by Crippen LogP contribution is -2.25. The van der Waals surface area contributed by atoms with Gasteiger partial charge in [0.2, 0.25) is 0 Å². The predicted octanol–water partition coefficient (Wildman–Crippen LogP) is -0.861. The zero-order valence-corrected chi connectivity index (χ0v) is 6.88. The molecule has 0 heterocycles. The van der Waals surface area contributed by atoms with Crippen molar-refractivity contribution in [2.24, 2.45) is 11.7 Å². The van der Waals surface area contributed by atoms with Crippen LogP contribution in [0.3, 0.4) is 0 Å². The first kappa shape index (κ1) is 12.5. The van der Waals surface area contributed by atoms with Crippen molar-refractivity contribution in [1.29, 1.82) is 0 Å². The first-order valence-corrected chi connectivity index (χ1v) is 3.51. The zero-order valence-electron chi connectivity index (χ0n) is 6.88. The van der Waals surface area contributed by atoms with E-state index >= 15 is 0 Å². The van der Waals surface area contributed by atoms with Crippen LogP contribution >= 0.6 is 0 Å². The zero-order chi connectivity index (χ0) is 8.41. The van der Waals surface area contributed by atoms with Crippen LogP contribution in [0.1, 0.15) is 13.8 Å². The Morgan fingerprint density at radius 1 is 1.20 bits per heavy atom. The molecule has 0 aliphatic heterocycles. The summed E-state index contributed by atoms with van der Waals surface area (Å²) in [4.78, 5) is 2.18. The van der Waals surface area contributed by atoms with E-state index in [-0.39, 0.29) is 6.61 Å². The molecule has 0 saturated heterocycles. The second kappa shape index (κ2) is 11.6. The molecule has 64 valence electrons. The van der Waals surface area contributed by atoms with Crippen LogP contribution in [0.15, 0.2) is 0 Å². The van der Waals surface area contributed by atoms with Crippen molar-refractivity contribution in [2.75, 3.05) is 26.2 Å². The van der Waals surface area contributed by atoms with Gasteiger partial charge in [0.15, 0.2) is 0 Å². The Kier molecular flexibility index (Phi) is 14.5. The second-order valence-corrected chi connectivity index (χ2v) is 1.75. The highest BCUT2D eigenvalue weighted by Crippen LogP contribution is 1.82. The largest absolute Gasteiger partial charge is 0.395 e. The van der Waals surface area contributed by atoms with E-state index in [0.29, 0.717) is 0 Å². The van der Waals surface area contributed by atoms with Gasteiger partial charge in [-0.3, -0.25) is 11.7 Å². The first-order chi connectivity index (χ1) is 4.85. The summed E-state index contributed by atoms with van der Waals surface area (Å²) in [5.74, 6) is 8.00. The molecule has 0 saturated carbocycles. The van der Waals surface area contributed by atoms with Crippen LogP contribution in [-0.4, -0.2) is 36.2 Å². The number of rotatable bonds is 4. The number of hydrazine groups is 1. The summed E-state index contributed by atoms with van der Waals surface area (Å²) >= 11 is 0. The predicted molar refractivity (Wildman–Crippen MR) is 43.2 cm³/mol. The van der Waals surface area contributed by atoms with Gasteiger partial charge in [0.25, 0.3) is 0 Å². The molecule has 0 aliphatic rings. The third kappa shape index (κ3) is 7.84. The summed E-state index contributed by atoms with van der Waals surface area (Å²) < 4.78 is 0. The normalized spacial score (nSPS) is 9.00. The van der Waals surface area contributed by atoms with E-state index in [1.807, 2.05) is 0 Å². The van der Waals surface area contributed by atoms with Gasteiger partial charge in [0, 0.05) is 6.54 Å². The van der Waals surface area contributed by atoms with Crippen molar-refractivity contribution in [3.05, 3.63) is 0 Å². The van der Waals surface area contributed by atoms with E-state index in [1.54, 1.807) is 0 Å². The molecule has 5 N–H and O–H groups in total. The van der Waals surface area contributed by atoms with Crippen molar-refractivity contribution in [3.63, 3.8) is 0 Å². The Labute approximate surface area is 62.8 Å². The van der Waals surface area contributed by atoms with Crippen molar-refractivity contribution in [1.82, 2.24) is 4.90 Å². The number of hydrogen-bond donors (Lipinski definition) is 3. The van der Waals surface area contributed by atoms with Crippen LogP contribution in [0.2, 0.25) is 0 Å². The molecule has 0 aromatic carbocycles. The smallest absolute Gasteiger partial charge is 0.0558 e. The standard InChI is InChI=1S/C6H15NO.H4N2/c1-3-7(4-2)5-6-8;1-2/h8H,3-6H2,1-2H3;1-2H2. The molecule has 0 fully saturated rings. The second-order valence-electron chi connectivity index (χ2n) is 1.75. The van der Waals surface area contributed by atoms with E-state index in [9.17, 15) is 0 Å². The van der Waals surface area contributed by atoms with Gasteiger partial charge in [-0.2, -0.15) is 0 Å². The van der Waals surface area contributed by atoms with Crippen molar-refractivity contribution >= 4 is 0 Å². The summed E-state index contributed by atoms with van der Waals surface area (Å²) in [5, 5.41) is 8.46. The van der Waals surface area contributed by atoms with Crippen LogP contribution in [0.4, 0.5) is 0 Å².